The van der Waals surface area contributed by atoms with Crippen LogP contribution in [0.25, 0.3) is 16.9 Å². The van der Waals surface area contributed by atoms with Crippen molar-refractivity contribution in [3.05, 3.63) is 18.7 Å². The lowest BCUT2D eigenvalue weighted by atomic mass is 10.2. The lowest BCUT2D eigenvalue weighted by molar-refractivity contribution is 0.0429. The number of hydrogen-bond donors (Lipinski definition) is 1. The van der Waals surface area contributed by atoms with Gasteiger partial charge in [-0.3, -0.25) is 0 Å². The molecule has 0 saturated carbocycles. The molecule has 29 heavy (non-hydrogen) atoms. The van der Waals surface area contributed by atoms with Gasteiger partial charge in [0, 0.05) is 0 Å². The van der Waals surface area contributed by atoms with E-state index in [-0.39, 0.29) is 28.6 Å². The number of aromatic nitrogens is 4. The zero-order chi connectivity index (χ0) is 22.0. The Kier molecular flexibility index (Phi) is 6.15. The van der Waals surface area contributed by atoms with Crippen molar-refractivity contribution in [2.45, 2.75) is 59.7 Å². The number of imide groups is 1. The van der Waals surface area contributed by atoms with Gasteiger partial charge in [0.25, 0.3) is 0 Å². The fourth-order valence-corrected chi connectivity index (χ4v) is 2.21. The lowest BCUT2D eigenvalue weighted by Crippen LogP contribution is -2.44. The number of H-pyrrole nitrogens is 1. The minimum Gasteiger partial charge on any atom is -0.491 e. The Morgan fingerprint density at radius 3 is 2.10 bits per heavy atom. The number of nitrogens with zero attached hydrogens (tertiary/aromatic N) is 4. The van der Waals surface area contributed by atoms with Gasteiger partial charge in [-0.1, -0.05) is 6.58 Å². The third-order valence-corrected chi connectivity index (χ3v) is 3.20. The third-order valence-electron chi connectivity index (χ3n) is 3.20. The first-order valence-electron chi connectivity index (χ1n) is 9.11. The van der Waals surface area contributed by atoms with Crippen molar-refractivity contribution in [2.24, 2.45) is 0 Å². The SMILES string of the molecule is C=C(OCC)c1nc(N(C(=O)OC(C)(C)C)C(=O)OC(C)(C)C)c2[nH]cnc2n1. The van der Waals surface area contributed by atoms with E-state index in [0.717, 1.165) is 0 Å². The van der Waals surface area contributed by atoms with Crippen molar-refractivity contribution in [1.82, 2.24) is 19.9 Å². The molecule has 0 spiro atoms. The first-order valence-corrected chi connectivity index (χ1v) is 9.11. The molecule has 1 N–H and O–H groups in total. The molecule has 0 saturated heterocycles. The summed E-state index contributed by atoms with van der Waals surface area (Å²) < 4.78 is 16.2. The smallest absolute Gasteiger partial charge is 0.425 e. The topological polar surface area (TPSA) is 120 Å². The predicted molar refractivity (Wildman–Crippen MR) is 107 cm³/mol. The molecule has 10 nitrogen and oxygen atoms in total. The molecule has 2 aromatic rings. The Balaban J connectivity index is 2.63. The highest BCUT2D eigenvalue weighted by molar-refractivity contribution is 6.12. The number of aromatic amines is 1. The van der Waals surface area contributed by atoms with Crippen LogP contribution in [0.5, 0.6) is 0 Å². The molecule has 0 radical (unpaired) electrons. The second-order valence-corrected chi connectivity index (χ2v) is 8.12. The molecule has 2 rings (SSSR count). The van der Waals surface area contributed by atoms with E-state index in [2.05, 4.69) is 26.5 Å². The minimum absolute atomic E-state index is 0.0770. The maximum Gasteiger partial charge on any atom is 0.425 e. The van der Waals surface area contributed by atoms with Gasteiger partial charge in [0.1, 0.15) is 16.7 Å². The Morgan fingerprint density at radius 1 is 1.07 bits per heavy atom. The number of imidazole rings is 1. The number of ether oxygens (including phenoxy) is 3. The second kappa shape index (κ2) is 8.06. The normalized spacial score (nSPS) is 11.8. The number of anilines is 1. The molecular weight excluding hydrogens is 378 g/mol. The Morgan fingerprint density at radius 2 is 1.62 bits per heavy atom. The summed E-state index contributed by atoms with van der Waals surface area (Å²) in [6.07, 6.45) is -0.526. The van der Waals surface area contributed by atoms with Crippen molar-refractivity contribution in [1.29, 1.82) is 0 Å². The quantitative estimate of drug-likeness (QED) is 0.757. The molecule has 10 heteroatoms. The van der Waals surface area contributed by atoms with Crippen LogP contribution in [0.2, 0.25) is 0 Å². The highest BCUT2D eigenvalue weighted by Gasteiger charge is 2.36. The number of amides is 2. The van der Waals surface area contributed by atoms with Crippen LogP contribution in [-0.2, 0) is 14.2 Å². The predicted octanol–water partition coefficient (Wildman–Crippen LogP) is 4.04. The van der Waals surface area contributed by atoms with E-state index in [0.29, 0.717) is 11.5 Å². The van der Waals surface area contributed by atoms with Crippen molar-refractivity contribution in [3.8, 4) is 0 Å². The second-order valence-electron chi connectivity index (χ2n) is 8.12. The van der Waals surface area contributed by atoms with Gasteiger partial charge < -0.3 is 19.2 Å². The van der Waals surface area contributed by atoms with Gasteiger partial charge in [-0.15, -0.1) is 0 Å². The highest BCUT2D eigenvalue weighted by atomic mass is 16.6. The highest BCUT2D eigenvalue weighted by Crippen LogP contribution is 2.27. The molecule has 0 unspecified atom stereocenters. The van der Waals surface area contributed by atoms with Crippen LogP contribution in [0.4, 0.5) is 15.4 Å². The Hall–Kier alpha value is -3.17. The summed E-state index contributed by atoms with van der Waals surface area (Å²) in [5, 5.41) is 0. The van der Waals surface area contributed by atoms with Gasteiger partial charge >= 0.3 is 12.2 Å². The fourth-order valence-electron chi connectivity index (χ4n) is 2.21. The number of nitrogens with one attached hydrogen (secondary N) is 1. The molecular formula is C19H27N5O5. The Labute approximate surface area is 169 Å². The van der Waals surface area contributed by atoms with E-state index >= 15 is 0 Å². The number of rotatable bonds is 4. The standard InChI is InChI=1S/C19H27N5O5/c1-9-27-11(2)13-22-14-12(20-10-21-14)15(23-13)24(16(25)28-18(3,4)5)17(26)29-19(6,7)8/h10H,2,9H2,1,3-8H3,(H,20,21,22,23). The van der Waals surface area contributed by atoms with Crippen LogP contribution in [0.1, 0.15) is 54.3 Å². The van der Waals surface area contributed by atoms with Gasteiger partial charge in [-0.05, 0) is 48.5 Å². The van der Waals surface area contributed by atoms with E-state index in [1.54, 1.807) is 48.5 Å². The average molecular weight is 405 g/mol. The molecule has 0 aliphatic heterocycles. The summed E-state index contributed by atoms with van der Waals surface area (Å²) in [4.78, 5) is 42.0. The monoisotopic (exact) mass is 405 g/mol. The van der Waals surface area contributed by atoms with E-state index < -0.39 is 23.4 Å². The van der Waals surface area contributed by atoms with E-state index in [4.69, 9.17) is 14.2 Å². The zero-order valence-electron chi connectivity index (χ0n) is 17.8. The van der Waals surface area contributed by atoms with E-state index in [9.17, 15) is 9.59 Å². The number of carbonyl (C=O) groups is 2. The van der Waals surface area contributed by atoms with E-state index in [1.807, 2.05) is 0 Å². The molecule has 2 heterocycles. The summed E-state index contributed by atoms with van der Waals surface area (Å²) in [5.74, 6) is 0.178. The third kappa shape index (κ3) is 5.66. The van der Waals surface area contributed by atoms with Gasteiger partial charge in [-0.2, -0.15) is 4.90 Å². The van der Waals surface area contributed by atoms with Crippen molar-refractivity contribution >= 4 is 34.9 Å². The van der Waals surface area contributed by atoms with Crippen LogP contribution in [0, 0.1) is 0 Å². The number of hydrogen-bond acceptors (Lipinski definition) is 8. The van der Waals surface area contributed by atoms with Crippen LogP contribution in [0.3, 0.4) is 0 Å². The summed E-state index contributed by atoms with van der Waals surface area (Å²) in [5.41, 5.74) is -1.22. The first-order chi connectivity index (χ1) is 13.3. The molecule has 0 aliphatic rings. The molecule has 0 atom stereocenters. The molecule has 0 aromatic carbocycles. The largest absolute Gasteiger partial charge is 0.491 e. The average Bonchev–Trinajstić information content (AvgIpc) is 3.00. The molecule has 0 aliphatic carbocycles. The van der Waals surface area contributed by atoms with Crippen LogP contribution in [0.15, 0.2) is 12.9 Å². The van der Waals surface area contributed by atoms with Crippen molar-refractivity contribution in [2.75, 3.05) is 11.5 Å². The number of fused-ring (bicyclic) bond motifs is 1. The summed E-state index contributed by atoms with van der Waals surface area (Å²) in [6.45, 7) is 16.0. The van der Waals surface area contributed by atoms with Crippen LogP contribution in [-0.4, -0.2) is 49.9 Å². The zero-order valence-corrected chi connectivity index (χ0v) is 17.8. The molecule has 2 aromatic heterocycles. The maximum atomic E-state index is 12.9. The van der Waals surface area contributed by atoms with Crippen LogP contribution < -0.4 is 4.90 Å². The molecule has 0 bridgehead atoms. The summed E-state index contributed by atoms with van der Waals surface area (Å²) in [6, 6.07) is 0. The molecule has 0 fully saturated rings. The summed E-state index contributed by atoms with van der Waals surface area (Å²) >= 11 is 0. The van der Waals surface area contributed by atoms with Gasteiger partial charge in [-0.25, -0.2) is 24.5 Å². The van der Waals surface area contributed by atoms with Gasteiger partial charge in [0.05, 0.1) is 12.9 Å². The number of carbonyl (C=O) groups excluding carboxylic acids is 2. The molecule has 2 amide bonds. The van der Waals surface area contributed by atoms with Crippen molar-refractivity contribution in [3.63, 3.8) is 0 Å². The maximum absolute atomic E-state index is 12.9. The fraction of sp³-hybridized carbons (Fsp3) is 0.526. The lowest BCUT2D eigenvalue weighted by Gasteiger charge is -2.28. The van der Waals surface area contributed by atoms with E-state index in [1.165, 1.54) is 6.33 Å². The summed E-state index contributed by atoms with van der Waals surface area (Å²) in [7, 11) is 0. The first kappa shape index (κ1) is 22.1. The van der Waals surface area contributed by atoms with Crippen LogP contribution >= 0.6 is 0 Å². The Bertz CT molecular complexity index is 895. The van der Waals surface area contributed by atoms with Gasteiger partial charge in [0.2, 0.25) is 0 Å². The van der Waals surface area contributed by atoms with Gasteiger partial charge in [0.15, 0.2) is 23.0 Å². The molecule has 158 valence electrons. The minimum atomic E-state index is -0.950. The van der Waals surface area contributed by atoms with Crippen molar-refractivity contribution < 1.29 is 23.8 Å².